The summed E-state index contributed by atoms with van der Waals surface area (Å²) in [5.74, 6) is -1.06. The largest absolute Gasteiger partial charge is 0.491 e. The van der Waals surface area contributed by atoms with Crippen molar-refractivity contribution < 1.29 is 18.6 Å². The highest BCUT2D eigenvalue weighted by molar-refractivity contribution is 5.30. The highest BCUT2D eigenvalue weighted by atomic mass is 19.2. The van der Waals surface area contributed by atoms with E-state index in [-0.39, 0.29) is 12.5 Å². The van der Waals surface area contributed by atoms with E-state index in [0.717, 1.165) is 17.9 Å². The summed E-state index contributed by atoms with van der Waals surface area (Å²) in [4.78, 5) is 0. The van der Waals surface area contributed by atoms with Crippen molar-refractivity contribution in [2.24, 2.45) is 0 Å². The molecular weight excluding hydrogens is 274 g/mol. The van der Waals surface area contributed by atoms with Crippen LogP contribution in [-0.2, 0) is 6.42 Å². The number of aliphatic hydroxyl groups excluding tert-OH is 1. The minimum absolute atomic E-state index is 0.0861. The Morgan fingerprint density at radius 2 is 1.67 bits per heavy atom. The highest BCUT2D eigenvalue weighted by Gasteiger charge is 2.11. The van der Waals surface area contributed by atoms with Crippen molar-refractivity contribution >= 4 is 0 Å². The van der Waals surface area contributed by atoms with Crippen molar-refractivity contribution in [2.45, 2.75) is 32.5 Å². The molecule has 0 aromatic heterocycles. The minimum atomic E-state index is -0.902. The Labute approximate surface area is 123 Å². The highest BCUT2D eigenvalue weighted by Crippen LogP contribution is 2.22. The monoisotopic (exact) mass is 292 g/mol. The molecule has 21 heavy (non-hydrogen) atoms. The van der Waals surface area contributed by atoms with Crippen LogP contribution in [0.15, 0.2) is 42.5 Å². The van der Waals surface area contributed by atoms with Crippen LogP contribution in [0.25, 0.3) is 0 Å². The van der Waals surface area contributed by atoms with Crippen molar-refractivity contribution in [1.82, 2.24) is 0 Å². The van der Waals surface area contributed by atoms with Gasteiger partial charge in [-0.3, -0.25) is 0 Å². The molecule has 0 aliphatic carbocycles. The second kappa shape index (κ2) is 6.68. The quantitative estimate of drug-likeness (QED) is 0.901. The predicted octanol–water partition coefficient (Wildman–Crippen LogP) is 4.03. The van der Waals surface area contributed by atoms with E-state index in [2.05, 4.69) is 0 Å². The maximum Gasteiger partial charge on any atom is 0.159 e. The Morgan fingerprint density at radius 3 is 2.24 bits per heavy atom. The van der Waals surface area contributed by atoms with Crippen molar-refractivity contribution in [3.8, 4) is 5.75 Å². The van der Waals surface area contributed by atoms with Crippen LogP contribution in [0.2, 0.25) is 0 Å². The number of aliphatic hydroxyl groups is 1. The SMILES string of the molecule is CC(C)Oc1ccc(C(O)Cc2ccc(F)c(F)c2)cc1. The molecule has 0 amide bonds. The predicted molar refractivity (Wildman–Crippen MR) is 77.2 cm³/mol. The van der Waals surface area contributed by atoms with Gasteiger partial charge in [0.15, 0.2) is 11.6 Å². The summed E-state index contributed by atoms with van der Waals surface area (Å²) in [5, 5.41) is 10.1. The summed E-state index contributed by atoms with van der Waals surface area (Å²) in [6, 6.07) is 10.7. The van der Waals surface area contributed by atoms with E-state index in [4.69, 9.17) is 4.74 Å². The van der Waals surface area contributed by atoms with E-state index in [1.807, 2.05) is 13.8 Å². The molecule has 2 aromatic rings. The molecule has 0 aliphatic rings. The molecule has 2 nitrogen and oxygen atoms in total. The molecule has 0 aliphatic heterocycles. The van der Waals surface area contributed by atoms with E-state index in [1.165, 1.54) is 6.07 Å². The standard InChI is InChI=1S/C17H18F2O2/c1-11(2)21-14-6-4-13(5-7-14)17(20)10-12-3-8-15(18)16(19)9-12/h3-9,11,17,20H,10H2,1-2H3. The van der Waals surface area contributed by atoms with Crippen molar-refractivity contribution in [3.05, 3.63) is 65.2 Å². The lowest BCUT2D eigenvalue weighted by molar-refractivity contribution is 0.178. The van der Waals surface area contributed by atoms with E-state index < -0.39 is 17.7 Å². The molecule has 1 atom stereocenters. The van der Waals surface area contributed by atoms with Crippen molar-refractivity contribution in [2.75, 3.05) is 0 Å². The van der Waals surface area contributed by atoms with E-state index in [9.17, 15) is 13.9 Å². The Hall–Kier alpha value is -1.94. The van der Waals surface area contributed by atoms with E-state index in [1.54, 1.807) is 24.3 Å². The summed E-state index contributed by atoms with van der Waals surface area (Å²) in [6.45, 7) is 3.87. The average Bonchev–Trinajstić information content (AvgIpc) is 2.43. The smallest absolute Gasteiger partial charge is 0.159 e. The molecule has 0 radical (unpaired) electrons. The lowest BCUT2D eigenvalue weighted by Crippen LogP contribution is -2.06. The van der Waals surface area contributed by atoms with Gasteiger partial charge in [0.2, 0.25) is 0 Å². The first kappa shape index (κ1) is 15.4. The first-order valence-electron chi connectivity index (χ1n) is 6.84. The van der Waals surface area contributed by atoms with Crippen LogP contribution in [0, 0.1) is 11.6 Å². The molecule has 2 rings (SSSR count). The Bertz CT molecular complexity index is 594. The Balaban J connectivity index is 2.05. The zero-order chi connectivity index (χ0) is 15.4. The number of ether oxygens (including phenoxy) is 1. The van der Waals surface area contributed by atoms with Gasteiger partial charge in [0.05, 0.1) is 12.2 Å². The topological polar surface area (TPSA) is 29.5 Å². The van der Waals surface area contributed by atoms with Gasteiger partial charge < -0.3 is 9.84 Å². The molecule has 1 unspecified atom stereocenters. The average molecular weight is 292 g/mol. The molecule has 0 saturated carbocycles. The van der Waals surface area contributed by atoms with Crippen LogP contribution in [0.3, 0.4) is 0 Å². The zero-order valence-electron chi connectivity index (χ0n) is 12.0. The summed E-state index contributed by atoms with van der Waals surface area (Å²) >= 11 is 0. The fourth-order valence-electron chi connectivity index (χ4n) is 2.05. The molecule has 0 fully saturated rings. The molecular formula is C17H18F2O2. The fourth-order valence-corrected chi connectivity index (χ4v) is 2.05. The maximum atomic E-state index is 13.1. The Kier molecular flexibility index (Phi) is 4.91. The van der Waals surface area contributed by atoms with Gasteiger partial charge in [0, 0.05) is 6.42 Å². The van der Waals surface area contributed by atoms with Gasteiger partial charge in [0.1, 0.15) is 5.75 Å². The normalized spacial score (nSPS) is 12.5. The Morgan fingerprint density at radius 1 is 1.00 bits per heavy atom. The van der Waals surface area contributed by atoms with Gasteiger partial charge >= 0.3 is 0 Å². The van der Waals surface area contributed by atoms with Gasteiger partial charge in [-0.15, -0.1) is 0 Å². The molecule has 2 aromatic carbocycles. The molecule has 0 saturated heterocycles. The van der Waals surface area contributed by atoms with Crippen LogP contribution in [-0.4, -0.2) is 11.2 Å². The second-order valence-corrected chi connectivity index (χ2v) is 5.20. The first-order chi connectivity index (χ1) is 9.95. The zero-order valence-corrected chi connectivity index (χ0v) is 12.0. The third-order valence-electron chi connectivity index (χ3n) is 3.05. The summed E-state index contributed by atoms with van der Waals surface area (Å²) in [5.41, 5.74) is 1.25. The summed E-state index contributed by atoms with van der Waals surface area (Å²) < 4.78 is 31.5. The number of rotatable bonds is 5. The summed E-state index contributed by atoms with van der Waals surface area (Å²) in [7, 11) is 0. The van der Waals surface area contributed by atoms with Gasteiger partial charge in [-0.25, -0.2) is 8.78 Å². The third-order valence-corrected chi connectivity index (χ3v) is 3.05. The van der Waals surface area contributed by atoms with Crippen LogP contribution in [0.5, 0.6) is 5.75 Å². The fraction of sp³-hybridized carbons (Fsp3) is 0.294. The van der Waals surface area contributed by atoms with Gasteiger partial charge in [-0.05, 0) is 49.2 Å². The first-order valence-corrected chi connectivity index (χ1v) is 6.84. The molecule has 112 valence electrons. The molecule has 1 N–H and O–H groups in total. The lowest BCUT2D eigenvalue weighted by atomic mass is 10.0. The molecule has 0 heterocycles. The lowest BCUT2D eigenvalue weighted by Gasteiger charge is -2.13. The minimum Gasteiger partial charge on any atom is -0.491 e. The number of hydrogen-bond acceptors (Lipinski definition) is 2. The van der Waals surface area contributed by atoms with Gasteiger partial charge in [-0.1, -0.05) is 18.2 Å². The van der Waals surface area contributed by atoms with Crippen molar-refractivity contribution in [3.63, 3.8) is 0 Å². The molecule has 0 spiro atoms. The number of hydrogen-bond donors (Lipinski definition) is 1. The van der Waals surface area contributed by atoms with Crippen LogP contribution in [0.1, 0.15) is 31.1 Å². The second-order valence-electron chi connectivity index (χ2n) is 5.20. The summed E-state index contributed by atoms with van der Waals surface area (Å²) in [6.07, 6.45) is -0.465. The number of benzene rings is 2. The van der Waals surface area contributed by atoms with Crippen LogP contribution >= 0.6 is 0 Å². The van der Waals surface area contributed by atoms with E-state index in [0.29, 0.717) is 11.1 Å². The van der Waals surface area contributed by atoms with Gasteiger partial charge in [-0.2, -0.15) is 0 Å². The van der Waals surface area contributed by atoms with Crippen molar-refractivity contribution in [1.29, 1.82) is 0 Å². The van der Waals surface area contributed by atoms with E-state index >= 15 is 0 Å². The molecule has 4 heteroatoms. The number of halogens is 2. The van der Waals surface area contributed by atoms with Crippen LogP contribution < -0.4 is 4.74 Å². The van der Waals surface area contributed by atoms with Crippen LogP contribution in [0.4, 0.5) is 8.78 Å². The maximum absolute atomic E-state index is 13.1. The van der Waals surface area contributed by atoms with Gasteiger partial charge in [0.25, 0.3) is 0 Å². The molecule has 0 bridgehead atoms. The third kappa shape index (κ3) is 4.26.